The van der Waals surface area contributed by atoms with E-state index in [1.165, 1.54) is 0 Å². The highest BCUT2D eigenvalue weighted by Crippen LogP contribution is 2.25. The summed E-state index contributed by atoms with van der Waals surface area (Å²) in [6.07, 6.45) is 0. The minimum Gasteiger partial charge on any atom is -0.482 e. The summed E-state index contributed by atoms with van der Waals surface area (Å²) in [5.41, 5.74) is 0.834. The van der Waals surface area contributed by atoms with Gasteiger partial charge in [0.15, 0.2) is 6.61 Å². The normalized spacial score (nSPS) is 16.6. The van der Waals surface area contributed by atoms with Gasteiger partial charge in [-0.05, 0) is 42.5 Å². The SMILES string of the molecule is O=C(O)COc1ccc(Cl)cc1CN1CCN(S(=O)c2ccc(Cl)cc2)CC1. The minimum atomic E-state index is -1.22. The molecule has 1 fully saturated rings. The molecule has 6 nitrogen and oxygen atoms in total. The zero-order valence-electron chi connectivity index (χ0n) is 15.0. The molecule has 0 aliphatic carbocycles. The van der Waals surface area contributed by atoms with Crippen molar-refractivity contribution in [1.82, 2.24) is 9.21 Å². The van der Waals surface area contributed by atoms with Gasteiger partial charge in [0.2, 0.25) is 0 Å². The summed E-state index contributed by atoms with van der Waals surface area (Å²) in [5.74, 6) is -0.516. The molecule has 0 bridgehead atoms. The molecule has 2 aromatic rings. The Morgan fingerprint density at radius 2 is 1.68 bits per heavy atom. The molecule has 1 unspecified atom stereocenters. The zero-order chi connectivity index (χ0) is 20.1. The molecule has 9 heteroatoms. The Kier molecular flexibility index (Phi) is 7.31. The number of carboxylic acid groups (broad SMARTS) is 1. The van der Waals surface area contributed by atoms with E-state index in [9.17, 15) is 9.00 Å². The van der Waals surface area contributed by atoms with E-state index in [1.54, 1.807) is 42.5 Å². The van der Waals surface area contributed by atoms with E-state index in [1.807, 2.05) is 4.31 Å². The molecule has 1 aliphatic rings. The Labute approximate surface area is 176 Å². The van der Waals surface area contributed by atoms with Crippen molar-refractivity contribution in [3.8, 4) is 5.75 Å². The topological polar surface area (TPSA) is 70.1 Å². The molecule has 2 aromatic carbocycles. The van der Waals surface area contributed by atoms with Gasteiger partial charge in [-0.25, -0.2) is 13.3 Å². The van der Waals surface area contributed by atoms with E-state index in [4.69, 9.17) is 33.0 Å². The van der Waals surface area contributed by atoms with Crippen LogP contribution in [0.5, 0.6) is 5.75 Å². The van der Waals surface area contributed by atoms with Gasteiger partial charge < -0.3 is 9.84 Å². The first-order valence-corrected chi connectivity index (χ1v) is 10.6. The number of rotatable bonds is 7. The maximum Gasteiger partial charge on any atom is 0.341 e. The number of aliphatic carboxylic acids is 1. The van der Waals surface area contributed by atoms with E-state index < -0.39 is 23.6 Å². The van der Waals surface area contributed by atoms with Crippen LogP contribution < -0.4 is 4.74 Å². The fourth-order valence-corrected chi connectivity index (χ4v) is 4.43. The van der Waals surface area contributed by atoms with Gasteiger partial charge in [0.1, 0.15) is 16.7 Å². The quantitative estimate of drug-likeness (QED) is 0.711. The molecular formula is C19H20Cl2N2O4S. The monoisotopic (exact) mass is 442 g/mol. The summed E-state index contributed by atoms with van der Waals surface area (Å²) in [5, 5.41) is 10.0. The molecule has 0 amide bonds. The standard InChI is InChI=1S/C19H20Cl2N2O4S/c20-15-1-4-17(5-2-15)28(26)23-9-7-22(8-10-23)12-14-11-16(21)3-6-18(14)27-13-19(24)25/h1-6,11H,7-10,12-13H2,(H,24,25). The molecule has 1 atom stereocenters. The number of ether oxygens (including phenoxy) is 1. The molecule has 1 aliphatic heterocycles. The van der Waals surface area contributed by atoms with Crippen molar-refractivity contribution < 1.29 is 18.8 Å². The number of halogens is 2. The van der Waals surface area contributed by atoms with Gasteiger partial charge in [-0.3, -0.25) is 4.90 Å². The van der Waals surface area contributed by atoms with Crippen LogP contribution in [0.15, 0.2) is 47.4 Å². The molecule has 28 heavy (non-hydrogen) atoms. The van der Waals surface area contributed by atoms with E-state index in [0.717, 1.165) is 23.5 Å². The molecule has 0 radical (unpaired) electrons. The lowest BCUT2D eigenvalue weighted by molar-refractivity contribution is -0.139. The van der Waals surface area contributed by atoms with Crippen molar-refractivity contribution in [3.63, 3.8) is 0 Å². The van der Waals surface area contributed by atoms with Crippen molar-refractivity contribution in [3.05, 3.63) is 58.1 Å². The summed E-state index contributed by atoms with van der Waals surface area (Å²) in [6.45, 7) is 2.94. The Balaban J connectivity index is 1.59. The van der Waals surface area contributed by atoms with Crippen LogP contribution in [-0.4, -0.2) is 57.3 Å². The van der Waals surface area contributed by atoms with Gasteiger partial charge >= 0.3 is 5.97 Å². The number of carbonyl (C=O) groups is 1. The van der Waals surface area contributed by atoms with Crippen LogP contribution in [0.2, 0.25) is 10.0 Å². The van der Waals surface area contributed by atoms with Crippen molar-refractivity contribution >= 4 is 40.2 Å². The molecule has 1 saturated heterocycles. The molecule has 1 heterocycles. The van der Waals surface area contributed by atoms with E-state index in [0.29, 0.717) is 35.4 Å². The first kappa shape index (κ1) is 21.1. The molecule has 1 N–H and O–H groups in total. The van der Waals surface area contributed by atoms with Crippen LogP contribution in [0.25, 0.3) is 0 Å². The van der Waals surface area contributed by atoms with Gasteiger partial charge in [-0.1, -0.05) is 23.2 Å². The fraction of sp³-hybridized carbons (Fsp3) is 0.316. The molecular weight excluding hydrogens is 423 g/mol. The van der Waals surface area contributed by atoms with Crippen molar-refractivity contribution in [2.24, 2.45) is 0 Å². The largest absolute Gasteiger partial charge is 0.482 e. The van der Waals surface area contributed by atoms with Crippen molar-refractivity contribution in [1.29, 1.82) is 0 Å². The number of hydrogen-bond donors (Lipinski definition) is 1. The number of nitrogens with zero attached hydrogens (tertiary/aromatic N) is 2. The predicted molar refractivity (Wildman–Crippen MR) is 109 cm³/mol. The van der Waals surface area contributed by atoms with Crippen LogP contribution in [-0.2, 0) is 22.3 Å². The average Bonchev–Trinajstić information content (AvgIpc) is 2.68. The highest BCUT2D eigenvalue weighted by atomic mass is 35.5. The lowest BCUT2D eigenvalue weighted by atomic mass is 10.1. The maximum absolute atomic E-state index is 12.7. The lowest BCUT2D eigenvalue weighted by Gasteiger charge is -2.34. The van der Waals surface area contributed by atoms with Gasteiger partial charge in [-0.15, -0.1) is 0 Å². The van der Waals surface area contributed by atoms with Gasteiger partial charge in [-0.2, -0.15) is 0 Å². The zero-order valence-corrected chi connectivity index (χ0v) is 17.3. The summed E-state index contributed by atoms with van der Waals surface area (Å²) >= 11 is 12.0. The molecule has 3 rings (SSSR count). The Hall–Kier alpha value is -1.64. The third-order valence-electron chi connectivity index (χ3n) is 4.35. The maximum atomic E-state index is 12.7. The lowest BCUT2D eigenvalue weighted by Crippen LogP contribution is -2.46. The average molecular weight is 443 g/mol. The summed E-state index contributed by atoms with van der Waals surface area (Å²) in [6, 6.07) is 12.2. The van der Waals surface area contributed by atoms with Crippen molar-refractivity contribution in [2.45, 2.75) is 11.4 Å². The van der Waals surface area contributed by atoms with Gasteiger partial charge in [0.25, 0.3) is 0 Å². The second-order valence-electron chi connectivity index (χ2n) is 6.34. The van der Waals surface area contributed by atoms with E-state index in [-0.39, 0.29) is 0 Å². The van der Waals surface area contributed by atoms with Gasteiger partial charge in [0, 0.05) is 48.3 Å². The first-order chi connectivity index (χ1) is 13.4. The second-order valence-corrected chi connectivity index (χ2v) is 8.70. The summed E-state index contributed by atoms with van der Waals surface area (Å²) in [7, 11) is -1.22. The van der Waals surface area contributed by atoms with Crippen LogP contribution in [0, 0.1) is 0 Å². The van der Waals surface area contributed by atoms with Crippen LogP contribution in [0.4, 0.5) is 0 Å². The highest BCUT2D eigenvalue weighted by Gasteiger charge is 2.23. The third kappa shape index (κ3) is 5.68. The van der Waals surface area contributed by atoms with Crippen LogP contribution in [0.1, 0.15) is 5.56 Å². The van der Waals surface area contributed by atoms with E-state index in [2.05, 4.69) is 4.90 Å². The van der Waals surface area contributed by atoms with Crippen LogP contribution in [0.3, 0.4) is 0 Å². The van der Waals surface area contributed by atoms with Crippen molar-refractivity contribution in [2.75, 3.05) is 32.8 Å². The minimum absolute atomic E-state index is 0.400. The predicted octanol–water partition coefficient (Wildman–Crippen LogP) is 3.30. The molecule has 150 valence electrons. The Morgan fingerprint density at radius 3 is 2.32 bits per heavy atom. The fourth-order valence-electron chi connectivity index (χ4n) is 2.95. The molecule has 0 spiro atoms. The number of piperazine rings is 1. The second kappa shape index (κ2) is 9.71. The number of hydrogen-bond acceptors (Lipinski definition) is 4. The molecule has 0 saturated carbocycles. The number of carboxylic acids is 1. The first-order valence-electron chi connectivity index (χ1n) is 8.70. The molecule has 0 aromatic heterocycles. The highest BCUT2D eigenvalue weighted by molar-refractivity contribution is 7.82. The summed E-state index contributed by atoms with van der Waals surface area (Å²) < 4.78 is 20.0. The van der Waals surface area contributed by atoms with Gasteiger partial charge in [0.05, 0.1) is 4.90 Å². The Bertz CT molecular complexity index is 856. The summed E-state index contributed by atoms with van der Waals surface area (Å²) in [4.78, 5) is 13.7. The van der Waals surface area contributed by atoms with Crippen LogP contribution >= 0.6 is 23.2 Å². The van der Waals surface area contributed by atoms with E-state index >= 15 is 0 Å². The number of benzene rings is 2. The Morgan fingerprint density at radius 1 is 1.04 bits per heavy atom. The third-order valence-corrected chi connectivity index (χ3v) is 6.35. The smallest absolute Gasteiger partial charge is 0.341 e.